The van der Waals surface area contributed by atoms with Gasteiger partial charge in [-0.05, 0) is 25.5 Å². The summed E-state index contributed by atoms with van der Waals surface area (Å²) in [6.07, 6.45) is 1.07. The first kappa shape index (κ1) is 13.9. The monoisotopic (exact) mass is 307 g/mol. The highest BCUT2D eigenvalue weighted by Gasteiger charge is 2.50. The van der Waals surface area contributed by atoms with Crippen molar-refractivity contribution in [2.75, 3.05) is 6.54 Å². The molecule has 0 saturated carbocycles. The number of ketones is 1. The maximum absolute atomic E-state index is 12.4. The zero-order valence-electron chi connectivity index (χ0n) is 11.4. The highest BCUT2D eigenvalue weighted by molar-refractivity contribution is 6.30. The number of Topliss-reactive ketones (excluding diaryl/α,β-unsaturated/α-hetero) is 1. The molecule has 0 aliphatic carbocycles. The molecule has 1 atom stereocenters. The van der Waals surface area contributed by atoms with Crippen LogP contribution in [-0.2, 0) is 19.9 Å². The fraction of sp³-hybridized carbons (Fsp3) is 0.333. The van der Waals surface area contributed by atoms with Crippen molar-refractivity contribution in [3.05, 3.63) is 46.5 Å². The average molecular weight is 308 g/mol. The van der Waals surface area contributed by atoms with Crippen LogP contribution in [0.3, 0.4) is 0 Å². The van der Waals surface area contributed by atoms with E-state index in [-0.39, 0.29) is 11.8 Å². The fourth-order valence-corrected chi connectivity index (χ4v) is 2.82. The normalized spacial score (nSPS) is 25.7. The van der Waals surface area contributed by atoms with E-state index in [1.807, 2.05) is 0 Å². The Morgan fingerprint density at radius 1 is 1.38 bits per heavy atom. The number of nitrogens with zero attached hydrogens (tertiary/aromatic N) is 1. The third-order valence-electron chi connectivity index (χ3n) is 3.85. The van der Waals surface area contributed by atoms with E-state index in [4.69, 9.17) is 16.3 Å². The van der Waals surface area contributed by atoms with Crippen LogP contribution in [0, 0.1) is 0 Å². The second-order valence-electron chi connectivity index (χ2n) is 5.28. The summed E-state index contributed by atoms with van der Waals surface area (Å²) in [6.45, 7) is 2.00. The molecule has 6 heteroatoms. The van der Waals surface area contributed by atoms with Gasteiger partial charge in [0.15, 0.2) is 5.60 Å². The number of likely N-dealkylation sites (tertiary alicyclic amines) is 1. The number of carbonyl (C=O) groups excluding carboxylic acids is 2. The summed E-state index contributed by atoms with van der Waals surface area (Å²) in [6, 6.07) is 6.70. The van der Waals surface area contributed by atoms with Crippen molar-refractivity contribution in [3.63, 3.8) is 0 Å². The van der Waals surface area contributed by atoms with Crippen LogP contribution in [0.15, 0.2) is 35.9 Å². The Balaban J connectivity index is 1.98. The van der Waals surface area contributed by atoms with Gasteiger partial charge in [-0.15, -0.1) is 0 Å². The number of rotatable bonds is 2. The summed E-state index contributed by atoms with van der Waals surface area (Å²) in [5, 5.41) is 10.5. The largest absolute Gasteiger partial charge is 0.501 e. The second kappa shape index (κ2) is 4.77. The molecule has 110 valence electrons. The summed E-state index contributed by atoms with van der Waals surface area (Å²) in [5.74, 6) is -1.28. The van der Waals surface area contributed by atoms with Gasteiger partial charge in [0, 0.05) is 23.6 Å². The number of hydrogen-bond donors (Lipinski definition) is 1. The third kappa shape index (κ3) is 2.08. The predicted octanol–water partition coefficient (Wildman–Crippen LogP) is 2.50. The Kier molecular flexibility index (Phi) is 3.17. The number of benzene rings is 1. The van der Waals surface area contributed by atoms with E-state index in [9.17, 15) is 14.7 Å². The van der Waals surface area contributed by atoms with Crippen molar-refractivity contribution >= 4 is 23.3 Å². The molecule has 1 aromatic rings. The van der Waals surface area contributed by atoms with Crippen molar-refractivity contribution in [1.82, 2.24) is 4.90 Å². The lowest BCUT2D eigenvalue weighted by molar-refractivity contribution is -0.136. The maximum Gasteiger partial charge on any atom is 0.250 e. The van der Waals surface area contributed by atoms with Crippen molar-refractivity contribution < 1.29 is 19.4 Å². The van der Waals surface area contributed by atoms with E-state index in [0.29, 0.717) is 30.0 Å². The van der Waals surface area contributed by atoms with Gasteiger partial charge < -0.3 is 9.84 Å². The van der Waals surface area contributed by atoms with Crippen molar-refractivity contribution in [1.29, 1.82) is 0 Å². The molecule has 0 radical (unpaired) electrons. The summed E-state index contributed by atoms with van der Waals surface area (Å²) >= 11 is 5.95. The number of halogens is 1. The van der Waals surface area contributed by atoms with Crippen molar-refractivity contribution in [2.24, 2.45) is 0 Å². The third-order valence-corrected chi connectivity index (χ3v) is 4.08. The van der Waals surface area contributed by atoms with Crippen LogP contribution < -0.4 is 0 Å². The second-order valence-corrected chi connectivity index (χ2v) is 5.71. The molecule has 1 N–H and O–H groups in total. The van der Waals surface area contributed by atoms with Gasteiger partial charge in [0.1, 0.15) is 0 Å². The molecular weight excluding hydrogens is 294 g/mol. The zero-order valence-corrected chi connectivity index (χ0v) is 12.2. The minimum absolute atomic E-state index is 0.0509. The Hall–Kier alpha value is -2.01. The SMILES string of the molecule is CC1(c2cccc(Cl)c2)OC(N2CCCC2=O)=C(O)C1=O. The zero-order chi connectivity index (χ0) is 15.2. The van der Waals surface area contributed by atoms with Crippen LogP contribution in [0.2, 0.25) is 5.02 Å². The highest BCUT2D eigenvalue weighted by atomic mass is 35.5. The van der Waals surface area contributed by atoms with E-state index in [1.165, 1.54) is 4.90 Å². The molecule has 1 fully saturated rings. The Morgan fingerprint density at radius 3 is 2.76 bits per heavy atom. The highest BCUT2D eigenvalue weighted by Crippen LogP contribution is 2.40. The standard InChI is InChI=1S/C15H14ClNO4/c1-15(9-4-2-5-10(16)8-9)13(20)12(19)14(21-15)17-7-3-6-11(17)18/h2,4-5,8,19H,3,6-7H2,1H3. The number of aliphatic hydroxyl groups is 1. The van der Waals surface area contributed by atoms with E-state index in [1.54, 1.807) is 31.2 Å². The summed E-state index contributed by atoms with van der Waals surface area (Å²) < 4.78 is 5.70. The molecule has 1 saturated heterocycles. The number of carbonyl (C=O) groups is 2. The van der Waals surface area contributed by atoms with Crippen LogP contribution >= 0.6 is 11.6 Å². The molecule has 0 bridgehead atoms. The minimum atomic E-state index is -1.37. The lowest BCUT2D eigenvalue weighted by atomic mass is 9.92. The Morgan fingerprint density at radius 2 is 2.14 bits per heavy atom. The minimum Gasteiger partial charge on any atom is -0.501 e. The maximum atomic E-state index is 12.4. The molecule has 0 spiro atoms. The topological polar surface area (TPSA) is 66.8 Å². The smallest absolute Gasteiger partial charge is 0.250 e. The Labute approximate surface area is 126 Å². The molecule has 5 nitrogen and oxygen atoms in total. The molecule has 21 heavy (non-hydrogen) atoms. The van der Waals surface area contributed by atoms with Gasteiger partial charge >= 0.3 is 0 Å². The molecule has 1 amide bonds. The van der Waals surface area contributed by atoms with E-state index in [2.05, 4.69) is 0 Å². The number of ether oxygens (including phenoxy) is 1. The van der Waals surface area contributed by atoms with Crippen LogP contribution in [-0.4, -0.2) is 28.2 Å². The average Bonchev–Trinajstić information content (AvgIpc) is 2.97. The summed E-state index contributed by atoms with van der Waals surface area (Å²) in [7, 11) is 0. The van der Waals surface area contributed by atoms with Gasteiger partial charge in [0.25, 0.3) is 5.78 Å². The first-order valence-corrected chi connectivity index (χ1v) is 7.05. The molecular formula is C15H14ClNO4. The molecule has 2 aliphatic heterocycles. The van der Waals surface area contributed by atoms with Gasteiger partial charge in [-0.3, -0.25) is 14.5 Å². The molecule has 3 rings (SSSR count). The Bertz CT molecular complexity index is 669. The molecule has 2 aliphatic rings. The summed E-state index contributed by atoms with van der Waals surface area (Å²) in [5.41, 5.74) is -0.833. The van der Waals surface area contributed by atoms with Crippen molar-refractivity contribution in [3.8, 4) is 0 Å². The number of amides is 1. The number of aliphatic hydroxyl groups excluding tert-OH is 1. The first-order valence-electron chi connectivity index (χ1n) is 6.67. The van der Waals surface area contributed by atoms with Crippen LogP contribution in [0.5, 0.6) is 0 Å². The van der Waals surface area contributed by atoms with Crippen LogP contribution in [0.25, 0.3) is 0 Å². The quantitative estimate of drug-likeness (QED) is 0.911. The number of hydrogen-bond acceptors (Lipinski definition) is 4. The fourth-order valence-electron chi connectivity index (χ4n) is 2.63. The van der Waals surface area contributed by atoms with E-state index >= 15 is 0 Å². The van der Waals surface area contributed by atoms with Crippen LogP contribution in [0.1, 0.15) is 25.3 Å². The van der Waals surface area contributed by atoms with Gasteiger partial charge in [0.05, 0.1) is 0 Å². The lowest BCUT2D eigenvalue weighted by Gasteiger charge is -2.26. The molecule has 1 unspecified atom stereocenters. The van der Waals surface area contributed by atoms with Gasteiger partial charge in [0.2, 0.25) is 17.5 Å². The first-order chi connectivity index (χ1) is 9.93. The van der Waals surface area contributed by atoms with Gasteiger partial charge in [-0.25, -0.2) is 0 Å². The van der Waals surface area contributed by atoms with E-state index < -0.39 is 17.1 Å². The van der Waals surface area contributed by atoms with Crippen LogP contribution in [0.4, 0.5) is 0 Å². The van der Waals surface area contributed by atoms with Crippen molar-refractivity contribution in [2.45, 2.75) is 25.4 Å². The molecule has 1 aromatic carbocycles. The van der Waals surface area contributed by atoms with Gasteiger partial charge in [-0.2, -0.15) is 0 Å². The lowest BCUT2D eigenvalue weighted by Crippen LogP contribution is -2.32. The molecule has 2 heterocycles. The predicted molar refractivity (Wildman–Crippen MR) is 75.5 cm³/mol. The van der Waals surface area contributed by atoms with Gasteiger partial charge in [-0.1, -0.05) is 23.7 Å². The van der Waals surface area contributed by atoms with E-state index in [0.717, 1.165) is 0 Å². The molecule has 0 aromatic heterocycles. The summed E-state index contributed by atoms with van der Waals surface area (Å²) in [4.78, 5) is 25.5.